The van der Waals surface area contributed by atoms with Crippen LogP contribution in [0.15, 0.2) is 47.8 Å². The van der Waals surface area contributed by atoms with Gasteiger partial charge in [-0.05, 0) is 42.3 Å². The summed E-state index contributed by atoms with van der Waals surface area (Å²) in [7, 11) is 0. The van der Waals surface area contributed by atoms with Gasteiger partial charge >= 0.3 is 5.97 Å². The van der Waals surface area contributed by atoms with Crippen LogP contribution in [0.1, 0.15) is 49.8 Å². The number of hydrogen-bond acceptors (Lipinski definition) is 5. The minimum Gasteiger partial charge on any atom is -1.00 e. The average Bonchev–Trinajstić information content (AvgIpc) is 3.55. The average molecular weight is 537 g/mol. The summed E-state index contributed by atoms with van der Waals surface area (Å²) >= 11 is 1.46. The maximum atomic E-state index is 13.6. The molecule has 7 heteroatoms. The Labute approximate surface area is 211 Å². The molecule has 1 aromatic heterocycles. The molecule has 1 aliphatic carbocycles. The van der Waals surface area contributed by atoms with Gasteiger partial charge < -0.3 is 31.6 Å². The van der Waals surface area contributed by atoms with Gasteiger partial charge in [-0.15, -0.1) is 11.3 Å². The number of aliphatic hydroxyl groups is 1. The predicted molar refractivity (Wildman–Crippen MR) is 124 cm³/mol. The van der Waals surface area contributed by atoms with Crippen molar-refractivity contribution < 1.29 is 40.8 Å². The molecule has 1 saturated carbocycles. The molecule has 3 aliphatic heterocycles. The quantitative estimate of drug-likeness (QED) is 0.413. The van der Waals surface area contributed by atoms with Crippen molar-refractivity contribution in [2.45, 2.75) is 56.8 Å². The number of piperidine rings is 3. The van der Waals surface area contributed by atoms with Crippen LogP contribution in [0.4, 0.5) is 0 Å². The second-order valence-corrected chi connectivity index (χ2v) is 10.8. The third-order valence-corrected chi connectivity index (χ3v) is 9.05. The van der Waals surface area contributed by atoms with Crippen molar-refractivity contribution in [1.82, 2.24) is 0 Å². The summed E-state index contributed by atoms with van der Waals surface area (Å²) in [6.07, 6.45) is 6.93. The van der Waals surface area contributed by atoms with E-state index >= 15 is 0 Å². The van der Waals surface area contributed by atoms with E-state index in [1.165, 1.54) is 24.2 Å². The number of nitrogens with zero attached hydrogens (tertiary/aromatic N) is 1. The molecule has 4 fully saturated rings. The fourth-order valence-corrected chi connectivity index (χ4v) is 6.97. The SMILES string of the molecule is O=C(OC1CC2CC[N+]1(CCOc1ccccc1)CC2)[C@](O)(c1cccs1)C1CCCC1.[Br-]. The minimum atomic E-state index is -1.52. The lowest BCUT2D eigenvalue weighted by molar-refractivity contribution is -0.984. The summed E-state index contributed by atoms with van der Waals surface area (Å²) in [5.74, 6) is 0.994. The van der Waals surface area contributed by atoms with E-state index < -0.39 is 11.6 Å². The summed E-state index contributed by atoms with van der Waals surface area (Å²) in [5, 5.41) is 13.7. The molecular formula is C26H34BrNO4S. The zero-order valence-electron chi connectivity index (χ0n) is 19.0. The van der Waals surface area contributed by atoms with Gasteiger partial charge in [-0.25, -0.2) is 4.79 Å². The van der Waals surface area contributed by atoms with Crippen molar-refractivity contribution in [2.24, 2.45) is 11.8 Å². The second-order valence-electron chi connectivity index (χ2n) is 9.81. The third kappa shape index (κ3) is 4.88. The molecule has 33 heavy (non-hydrogen) atoms. The Balaban J connectivity index is 0.00000259. The Kier molecular flexibility index (Phi) is 7.83. The first-order valence-electron chi connectivity index (χ1n) is 12.1. The number of quaternary nitrogens is 1. The maximum absolute atomic E-state index is 13.6. The van der Waals surface area contributed by atoms with Crippen LogP contribution in [0.3, 0.4) is 0 Å². The summed E-state index contributed by atoms with van der Waals surface area (Å²) in [6, 6.07) is 13.7. The lowest BCUT2D eigenvalue weighted by Gasteiger charge is -2.53. The fourth-order valence-electron chi connectivity index (χ4n) is 6.08. The number of fused-ring (bicyclic) bond motifs is 3. The molecule has 2 bridgehead atoms. The molecule has 2 atom stereocenters. The molecule has 2 aromatic rings. The monoisotopic (exact) mass is 535 g/mol. The molecule has 180 valence electrons. The van der Waals surface area contributed by atoms with Crippen molar-refractivity contribution in [1.29, 1.82) is 0 Å². The number of hydrogen-bond donors (Lipinski definition) is 1. The number of thiophene rings is 1. The number of carbonyl (C=O) groups excluding carboxylic acids is 1. The molecule has 3 saturated heterocycles. The lowest BCUT2D eigenvalue weighted by atomic mass is 9.83. The third-order valence-electron chi connectivity index (χ3n) is 8.06. The first kappa shape index (κ1) is 24.7. The number of esters is 1. The first-order valence-corrected chi connectivity index (χ1v) is 13.0. The smallest absolute Gasteiger partial charge is 0.348 e. The normalized spacial score (nSPS) is 28.6. The predicted octanol–water partition coefficient (Wildman–Crippen LogP) is 1.71. The molecule has 0 spiro atoms. The highest BCUT2D eigenvalue weighted by Gasteiger charge is 2.54. The summed E-state index contributed by atoms with van der Waals surface area (Å²) in [6.45, 7) is 3.45. The van der Waals surface area contributed by atoms with Gasteiger partial charge in [0, 0.05) is 30.1 Å². The Hall–Kier alpha value is -1.41. The van der Waals surface area contributed by atoms with Gasteiger partial charge in [-0.3, -0.25) is 4.48 Å². The molecule has 4 aliphatic rings. The van der Waals surface area contributed by atoms with Gasteiger partial charge in [-0.1, -0.05) is 37.1 Å². The van der Waals surface area contributed by atoms with Crippen molar-refractivity contribution in [3.05, 3.63) is 52.7 Å². The van der Waals surface area contributed by atoms with Crippen LogP contribution in [-0.4, -0.2) is 48.0 Å². The van der Waals surface area contributed by atoms with E-state index in [-0.39, 0.29) is 29.1 Å². The largest absolute Gasteiger partial charge is 1.00 e. The van der Waals surface area contributed by atoms with Gasteiger partial charge in [0.25, 0.3) is 0 Å². The highest BCUT2D eigenvalue weighted by atomic mass is 79.9. The number of benzene rings is 1. The highest BCUT2D eigenvalue weighted by Crippen LogP contribution is 2.45. The van der Waals surface area contributed by atoms with E-state index in [4.69, 9.17) is 9.47 Å². The number of carbonyl (C=O) groups is 1. The topological polar surface area (TPSA) is 55.8 Å². The molecule has 4 heterocycles. The molecule has 1 aromatic carbocycles. The van der Waals surface area contributed by atoms with Crippen molar-refractivity contribution >= 4 is 17.3 Å². The lowest BCUT2D eigenvalue weighted by Crippen LogP contribution is -3.00. The van der Waals surface area contributed by atoms with E-state index in [1.54, 1.807) is 0 Å². The van der Waals surface area contributed by atoms with Crippen LogP contribution in [0.2, 0.25) is 0 Å². The Morgan fingerprint density at radius 3 is 2.45 bits per heavy atom. The number of halogens is 1. The van der Waals surface area contributed by atoms with Crippen LogP contribution in [0, 0.1) is 11.8 Å². The van der Waals surface area contributed by atoms with Crippen LogP contribution in [0.5, 0.6) is 5.75 Å². The van der Waals surface area contributed by atoms with E-state index in [9.17, 15) is 9.90 Å². The first-order chi connectivity index (χ1) is 15.6. The Bertz CT molecular complexity index is 894. The molecule has 0 amide bonds. The van der Waals surface area contributed by atoms with Crippen LogP contribution < -0.4 is 21.7 Å². The zero-order chi connectivity index (χ0) is 22.0. The zero-order valence-corrected chi connectivity index (χ0v) is 21.4. The van der Waals surface area contributed by atoms with Gasteiger partial charge in [0.2, 0.25) is 6.23 Å². The number of rotatable bonds is 8. The molecule has 6 rings (SSSR count). The summed E-state index contributed by atoms with van der Waals surface area (Å²) < 4.78 is 13.0. The second kappa shape index (κ2) is 10.5. The number of ether oxygens (including phenoxy) is 2. The summed E-state index contributed by atoms with van der Waals surface area (Å²) in [4.78, 5) is 14.4. The van der Waals surface area contributed by atoms with Gasteiger partial charge in [-0.2, -0.15) is 0 Å². The van der Waals surface area contributed by atoms with E-state index in [1.807, 2.05) is 47.8 Å². The standard InChI is InChI=1S/C26H34NO4S.BrH/c28-25(26(29,21-7-4-5-8-21)23-11-6-18-32-23)31-24-19-20-12-14-27(24,15-13-20)16-17-30-22-9-2-1-3-10-22;/h1-3,6,9-11,18,20-21,24,29H,4-5,7-8,12-17,19H2;1H/q+1;/p-1/t20?,24?,26-,27?;/m1./s1. The van der Waals surface area contributed by atoms with Crippen LogP contribution in [0.25, 0.3) is 0 Å². The molecule has 0 radical (unpaired) electrons. The Morgan fingerprint density at radius 2 is 1.79 bits per heavy atom. The van der Waals surface area contributed by atoms with E-state index in [2.05, 4.69) is 0 Å². The fraction of sp³-hybridized carbons (Fsp3) is 0.577. The Morgan fingerprint density at radius 1 is 1.06 bits per heavy atom. The van der Waals surface area contributed by atoms with Crippen LogP contribution >= 0.6 is 11.3 Å². The van der Waals surface area contributed by atoms with E-state index in [0.717, 1.165) is 66.8 Å². The minimum absolute atomic E-state index is 0. The molecule has 1 N–H and O–H groups in total. The van der Waals surface area contributed by atoms with Crippen molar-refractivity contribution in [3.63, 3.8) is 0 Å². The highest BCUT2D eigenvalue weighted by molar-refractivity contribution is 7.10. The summed E-state index contributed by atoms with van der Waals surface area (Å²) in [5.41, 5.74) is -1.52. The molecule has 5 nitrogen and oxygen atoms in total. The van der Waals surface area contributed by atoms with Gasteiger partial charge in [0.1, 0.15) is 18.9 Å². The van der Waals surface area contributed by atoms with Crippen LogP contribution in [-0.2, 0) is 15.1 Å². The molecular weight excluding hydrogens is 502 g/mol. The number of para-hydroxylation sites is 1. The van der Waals surface area contributed by atoms with Crippen molar-refractivity contribution in [3.8, 4) is 5.75 Å². The maximum Gasteiger partial charge on any atom is 0.348 e. The van der Waals surface area contributed by atoms with Gasteiger partial charge in [0.15, 0.2) is 5.60 Å². The van der Waals surface area contributed by atoms with E-state index in [0.29, 0.717) is 12.5 Å². The van der Waals surface area contributed by atoms with Crippen molar-refractivity contribution in [2.75, 3.05) is 26.2 Å². The van der Waals surface area contributed by atoms with Gasteiger partial charge in [0.05, 0.1) is 13.1 Å². The molecule has 1 unspecified atom stereocenters.